The van der Waals surface area contributed by atoms with E-state index in [-0.39, 0.29) is 18.5 Å². The maximum absolute atomic E-state index is 13.2. The van der Waals surface area contributed by atoms with Gasteiger partial charge in [-0.25, -0.2) is 4.79 Å². The van der Waals surface area contributed by atoms with Crippen LogP contribution in [0.3, 0.4) is 0 Å². The van der Waals surface area contributed by atoms with Crippen LogP contribution in [0.25, 0.3) is 0 Å². The first kappa shape index (κ1) is 16.1. The maximum Gasteiger partial charge on any atom is 0.325 e. The second kappa shape index (κ2) is 6.19. The Hall–Kier alpha value is -2.34. The van der Waals surface area contributed by atoms with Gasteiger partial charge in [-0.2, -0.15) is 0 Å². The van der Waals surface area contributed by atoms with Crippen LogP contribution >= 0.6 is 11.3 Å². The van der Waals surface area contributed by atoms with E-state index in [1.54, 1.807) is 11.3 Å². The van der Waals surface area contributed by atoms with Gasteiger partial charge in [0.05, 0.1) is 13.2 Å². The van der Waals surface area contributed by atoms with Crippen molar-refractivity contribution in [1.82, 2.24) is 10.2 Å². The standard InChI is InChI=1S/C19H20N2O3S/c1-2-24-15-7-4-3-6-13(15)12-21-17(22)19(20-18(21)23)10-5-8-16-14(19)9-11-25-16/h3-4,6-7,9,11H,2,5,8,10,12H2,1H3,(H,20,23)/t19-/m1/s1. The SMILES string of the molecule is CCOc1ccccc1CN1C(=O)N[C@@]2(CCCc3sccc32)C1=O. The fraction of sp³-hybridized carbons (Fsp3) is 0.368. The van der Waals surface area contributed by atoms with Crippen LogP contribution in [0.1, 0.15) is 35.8 Å². The molecule has 4 rings (SSSR count). The average Bonchev–Trinajstić information content (AvgIpc) is 3.18. The molecule has 0 radical (unpaired) electrons. The molecule has 1 fully saturated rings. The Balaban J connectivity index is 1.66. The van der Waals surface area contributed by atoms with Gasteiger partial charge in [-0.15, -0.1) is 11.3 Å². The lowest BCUT2D eigenvalue weighted by Crippen LogP contribution is -2.46. The number of nitrogens with one attached hydrogen (secondary N) is 1. The van der Waals surface area contributed by atoms with Crippen molar-refractivity contribution >= 4 is 23.3 Å². The number of fused-ring (bicyclic) bond motifs is 2. The summed E-state index contributed by atoms with van der Waals surface area (Å²) < 4.78 is 5.63. The van der Waals surface area contributed by atoms with Crippen molar-refractivity contribution in [3.63, 3.8) is 0 Å². The molecule has 1 aliphatic heterocycles. The van der Waals surface area contributed by atoms with E-state index in [1.807, 2.05) is 42.6 Å². The summed E-state index contributed by atoms with van der Waals surface area (Å²) in [5, 5.41) is 4.99. The summed E-state index contributed by atoms with van der Waals surface area (Å²) in [6.07, 6.45) is 2.54. The summed E-state index contributed by atoms with van der Waals surface area (Å²) in [4.78, 5) is 28.4. The van der Waals surface area contributed by atoms with Gasteiger partial charge in [-0.1, -0.05) is 18.2 Å². The van der Waals surface area contributed by atoms with Crippen molar-refractivity contribution in [3.05, 3.63) is 51.7 Å². The third kappa shape index (κ3) is 2.52. The Morgan fingerprint density at radius 1 is 1.28 bits per heavy atom. The molecular formula is C19H20N2O3S. The average molecular weight is 356 g/mol. The van der Waals surface area contributed by atoms with Gasteiger partial charge in [0.25, 0.3) is 5.91 Å². The van der Waals surface area contributed by atoms with Gasteiger partial charge in [0.1, 0.15) is 11.3 Å². The number of nitrogens with zero attached hydrogens (tertiary/aromatic N) is 1. The van der Waals surface area contributed by atoms with Gasteiger partial charge in [-0.3, -0.25) is 9.69 Å². The van der Waals surface area contributed by atoms with Gasteiger partial charge < -0.3 is 10.1 Å². The van der Waals surface area contributed by atoms with E-state index >= 15 is 0 Å². The summed E-state index contributed by atoms with van der Waals surface area (Å²) in [7, 11) is 0. The van der Waals surface area contributed by atoms with E-state index in [0.29, 0.717) is 18.8 Å². The van der Waals surface area contributed by atoms with Crippen molar-refractivity contribution in [2.24, 2.45) is 0 Å². The van der Waals surface area contributed by atoms with Crippen LogP contribution in [0.5, 0.6) is 5.75 Å². The Morgan fingerprint density at radius 2 is 2.12 bits per heavy atom. The number of carbonyl (C=O) groups is 2. The molecule has 2 aromatic rings. The number of amides is 3. The summed E-state index contributed by atoms with van der Waals surface area (Å²) in [6, 6.07) is 9.20. The predicted molar refractivity (Wildman–Crippen MR) is 95.6 cm³/mol. The Morgan fingerprint density at radius 3 is 2.96 bits per heavy atom. The van der Waals surface area contributed by atoms with E-state index in [0.717, 1.165) is 24.0 Å². The van der Waals surface area contributed by atoms with Gasteiger partial charge in [0, 0.05) is 16.0 Å². The van der Waals surface area contributed by atoms with E-state index < -0.39 is 5.54 Å². The van der Waals surface area contributed by atoms with E-state index in [2.05, 4.69) is 5.32 Å². The van der Waals surface area contributed by atoms with Crippen LogP contribution in [0.15, 0.2) is 35.7 Å². The molecule has 1 aliphatic carbocycles. The maximum atomic E-state index is 13.2. The quantitative estimate of drug-likeness (QED) is 0.854. The minimum Gasteiger partial charge on any atom is -0.494 e. The molecule has 25 heavy (non-hydrogen) atoms. The topological polar surface area (TPSA) is 58.6 Å². The molecule has 1 aromatic carbocycles. The number of aryl methyl sites for hydroxylation is 1. The van der Waals surface area contributed by atoms with Crippen molar-refractivity contribution in [2.45, 2.75) is 38.3 Å². The molecule has 130 valence electrons. The zero-order valence-corrected chi connectivity index (χ0v) is 14.9. The second-order valence-corrected chi connectivity index (χ2v) is 7.38. The summed E-state index contributed by atoms with van der Waals surface area (Å²) in [5.41, 5.74) is 0.930. The molecule has 0 unspecified atom stereocenters. The molecule has 1 saturated heterocycles. The number of ether oxygens (including phenoxy) is 1. The van der Waals surface area contributed by atoms with Crippen molar-refractivity contribution in [2.75, 3.05) is 6.61 Å². The van der Waals surface area contributed by atoms with Gasteiger partial charge in [0.15, 0.2) is 0 Å². The number of thiophene rings is 1. The fourth-order valence-electron chi connectivity index (χ4n) is 3.79. The normalized spacial score (nSPS) is 22.2. The molecule has 0 saturated carbocycles. The van der Waals surface area contributed by atoms with Crippen LogP contribution in [0, 0.1) is 0 Å². The van der Waals surface area contributed by atoms with Crippen molar-refractivity contribution in [1.29, 1.82) is 0 Å². The number of benzene rings is 1. The lowest BCUT2D eigenvalue weighted by molar-refractivity contribution is -0.132. The third-order valence-corrected chi connectivity index (χ3v) is 5.92. The largest absolute Gasteiger partial charge is 0.494 e. The van der Waals surface area contributed by atoms with Gasteiger partial charge in [0.2, 0.25) is 0 Å². The third-order valence-electron chi connectivity index (χ3n) is 4.94. The lowest BCUT2D eigenvalue weighted by Gasteiger charge is -2.31. The van der Waals surface area contributed by atoms with Gasteiger partial charge in [-0.05, 0) is 43.7 Å². The number of urea groups is 1. The van der Waals surface area contributed by atoms with E-state index in [1.165, 1.54) is 9.78 Å². The Bertz CT molecular complexity index is 832. The number of hydrogen-bond donors (Lipinski definition) is 1. The molecule has 1 N–H and O–H groups in total. The Labute approximate surface area is 150 Å². The first-order chi connectivity index (χ1) is 12.2. The number of hydrogen-bond acceptors (Lipinski definition) is 4. The van der Waals surface area contributed by atoms with Crippen molar-refractivity contribution in [3.8, 4) is 5.75 Å². The number of rotatable bonds is 4. The molecular weight excluding hydrogens is 336 g/mol. The first-order valence-electron chi connectivity index (χ1n) is 8.57. The molecule has 1 aromatic heterocycles. The number of carbonyl (C=O) groups excluding carboxylic acids is 2. The highest BCUT2D eigenvalue weighted by atomic mass is 32.1. The highest BCUT2D eigenvalue weighted by Crippen LogP contribution is 2.42. The fourth-order valence-corrected chi connectivity index (χ4v) is 4.79. The molecule has 6 heteroatoms. The number of imide groups is 1. The molecule has 1 spiro atoms. The summed E-state index contributed by atoms with van der Waals surface area (Å²) >= 11 is 1.66. The highest BCUT2D eigenvalue weighted by Gasteiger charge is 2.54. The van der Waals surface area contributed by atoms with Crippen LogP contribution in [0.4, 0.5) is 4.79 Å². The van der Waals surface area contributed by atoms with Crippen molar-refractivity contribution < 1.29 is 14.3 Å². The Kier molecular flexibility index (Phi) is 4.00. The van der Waals surface area contributed by atoms with Crippen LogP contribution in [-0.4, -0.2) is 23.4 Å². The highest BCUT2D eigenvalue weighted by molar-refractivity contribution is 7.10. The minimum atomic E-state index is -0.884. The molecule has 3 amide bonds. The molecule has 0 bridgehead atoms. The van der Waals surface area contributed by atoms with Crippen LogP contribution in [-0.2, 0) is 23.3 Å². The monoisotopic (exact) mass is 356 g/mol. The molecule has 2 aliphatic rings. The van der Waals surface area contributed by atoms with E-state index in [4.69, 9.17) is 4.74 Å². The second-order valence-electron chi connectivity index (χ2n) is 6.38. The lowest BCUT2D eigenvalue weighted by atomic mass is 9.80. The van der Waals surface area contributed by atoms with Gasteiger partial charge >= 0.3 is 6.03 Å². The van der Waals surface area contributed by atoms with E-state index in [9.17, 15) is 9.59 Å². The van der Waals surface area contributed by atoms with Crippen LogP contribution in [0.2, 0.25) is 0 Å². The predicted octanol–water partition coefficient (Wildman–Crippen LogP) is 3.43. The zero-order chi connectivity index (χ0) is 17.4. The molecule has 5 nitrogen and oxygen atoms in total. The first-order valence-corrected chi connectivity index (χ1v) is 9.45. The smallest absolute Gasteiger partial charge is 0.325 e. The zero-order valence-electron chi connectivity index (χ0n) is 14.1. The molecule has 1 atom stereocenters. The van der Waals surface area contributed by atoms with Crippen LogP contribution < -0.4 is 10.1 Å². The minimum absolute atomic E-state index is 0.150. The number of para-hydroxylation sites is 1. The summed E-state index contributed by atoms with van der Waals surface area (Å²) in [6.45, 7) is 2.68. The summed E-state index contributed by atoms with van der Waals surface area (Å²) in [5.74, 6) is 0.564. The molecule has 2 heterocycles.